The summed E-state index contributed by atoms with van der Waals surface area (Å²) >= 11 is 11.4. The number of halogens is 2. The molecule has 2 rings (SSSR count). The Morgan fingerprint density at radius 1 is 1.53 bits per heavy atom. The van der Waals surface area contributed by atoms with Crippen LogP contribution in [0.5, 0.6) is 0 Å². The SMILES string of the molecule is CC1CC(=O)N(C(=O)c2cnc(Cl)c(Cl)c2)C1. The van der Waals surface area contributed by atoms with Crippen molar-refractivity contribution in [3.05, 3.63) is 28.0 Å². The molecule has 6 heteroatoms. The molecule has 1 fully saturated rings. The fraction of sp³-hybridized carbons (Fsp3) is 0.364. The van der Waals surface area contributed by atoms with Gasteiger partial charge in [0.25, 0.3) is 5.91 Å². The first-order chi connectivity index (χ1) is 7.99. The molecule has 90 valence electrons. The highest BCUT2D eigenvalue weighted by Gasteiger charge is 2.32. The third kappa shape index (κ3) is 2.42. The number of hydrogen-bond donors (Lipinski definition) is 0. The zero-order chi connectivity index (χ0) is 12.6. The van der Waals surface area contributed by atoms with Crippen LogP contribution in [0, 0.1) is 5.92 Å². The van der Waals surface area contributed by atoms with Gasteiger partial charge in [-0.1, -0.05) is 30.1 Å². The molecule has 0 N–H and O–H groups in total. The summed E-state index contributed by atoms with van der Waals surface area (Å²) in [5, 5.41) is 0.349. The van der Waals surface area contributed by atoms with E-state index in [0.717, 1.165) is 0 Å². The minimum atomic E-state index is -0.370. The molecule has 1 aliphatic rings. The summed E-state index contributed by atoms with van der Waals surface area (Å²) in [6, 6.07) is 1.43. The van der Waals surface area contributed by atoms with E-state index in [4.69, 9.17) is 23.2 Å². The summed E-state index contributed by atoms with van der Waals surface area (Å²) < 4.78 is 0. The zero-order valence-corrected chi connectivity index (χ0v) is 10.6. The normalized spacial score (nSPS) is 19.8. The van der Waals surface area contributed by atoms with Crippen molar-refractivity contribution in [2.24, 2.45) is 5.92 Å². The molecule has 0 radical (unpaired) electrons. The van der Waals surface area contributed by atoms with Crippen molar-refractivity contribution in [3.63, 3.8) is 0 Å². The Bertz CT molecular complexity index is 490. The summed E-state index contributed by atoms with van der Waals surface area (Å²) in [5.41, 5.74) is 0.279. The number of hydrogen-bond acceptors (Lipinski definition) is 3. The number of amides is 2. The highest BCUT2D eigenvalue weighted by atomic mass is 35.5. The monoisotopic (exact) mass is 272 g/mol. The zero-order valence-electron chi connectivity index (χ0n) is 9.11. The molecule has 1 atom stereocenters. The number of imide groups is 1. The van der Waals surface area contributed by atoms with Gasteiger partial charge in [-0.2, -0.15) is 0 Å². The lowest BCUT2D eigenvalue weighted by Gasteiger charge is -2.13. The van der Waals surface area contributed by atoms with Gasteiger partial charge in [0.1, 0.15) is 5.15 Å². The third-order valence-corrected chi connectivity index (χ3v) is 3.29. The van der Waals surface area contributed by atoms with Gasteiger partial charge >= 0.3 is 0 Å². The van der Waals surface area contributed by atoms with Crippen LogP contribution >= 0.6 is 23.2 Å². The molecule has 1 aliphatic heterocycles. The number of nitrogens with zero attached hydrogens (tertiary/aromatic N) is 2. The van der Waals surface area contributed by atoms with E-state index in [1.165, 1.54) is 17.2 Å². The molecule has 0 saturated carbocycles. The fourth-order valence-electron chi connectivity index (χ4n) is 1.78. The highest BCUT2D eigenvalue weighted by molar-refractivity contribution is 6.41. The Kier molecular flexibility index (Phi) is 3.35. The van der Waals surface area contributed by atoms with Crippen molar-refractivity contribution in [1.82, 2.24) is 9.88 Å². The summed E-state index contributed by atoms with van der Waals surface area (Å²) in [4.78, 5) is 28.6. The van der Waals surface area contributed by atoms with E-state index in [9.17, 15) is 9.59 Å². The lowest BCUT2D eigenvalue weighted by atomic mass is 10.2. The average Bonchev–Trinajstić information content (AvgIpc) is 2.61. The lowest BCUT2D eigenvalue weighted by Crippen LogP contribution is -2.32. The van der Waals surface area contributed by atoms with Gasteiger partial charge in [-0.05, 0) is 12.0 Å². The molecule has 0 spiro atoms. The number of aromatic nitrogens is 1. The maximum Gasteiger partial charge on any atom is 0.262 e. The van der Waals surface area contributed by atoms with Gasteiger partial charge in [-0.3, -0.25) is 14.5 Å². The van der Waals surface area contributed by atoms with Crippen LogP contribution in [-0.4, -0.2) is 28.2 Å². The summed E-state index contributed by atoms with van der Waals surface area (Å²) in [5.74, 6) is -0.332. The van der Waals surface area contributed by atoms with Crippen LogP contribution < -0.4 is 0 Å². The first-order valence-electron chi connectivity index (χ1n) is 5.14. The topological polar surface area (TPSA) is 50.3 Å². The van der Waals surface area contributed by atoms with Crippen LogP contribution in [0.1, 0.15) is 23.7 Å². The first-order valence-corrected chi connectivity index (χ1v) is 5.90. The second kappa shape index (κ2) is 4.63. The van der Waals surface area contributed by atoms with Crippen molar-refractivity contribution < 1.29 is 9.59 Å². The van der Waals surface area contributed by atoms with Crippen LogP contribution in [0.15, 0.2) is 12.3 Å². The maximum atomic E-state index is 12.0. The molecule has 0 aliphatic carbocycles. The fourth-order valence-corrected chi connectivity index (χ4v) is 2.05. The van der Waals surface area contributed by atoms with Gasteiger partial charge in [-0.15, -0.1) is 0 Å². The lowest BCUT2D eigenvalue weighted by molar-refractivity contribution is -0.125. The standard InChI is InChI=1S/C11H10Cl2N2O2/c1-6-2-9(16)15(5-6)11(17)7-3-8(12)10(13)14-4-7/h3-4,6H,2,5H2,1H3. The van der Waals surface area contributed by atoms with Crippen molar-refractivity contribution >= 4 is 35.0 Å². The second-order valence-electron chi connectivity index (χ2n) is 4.12. The molecule has 17 heavy (non-hydrogen) atoms. The number of carbonyl (C=O) groups excluding carboxylic acids is 2. The van der Waals surface area contributed by atoms with E-state index in [0.29, 0.717) is 13.0 Å². The molecular weight excluding hydrogens is 263 g/mol. The smallest absolute Gasteiger partial charge is 0.262 e. The molecule has 0 bridgehead atoms. The number of pyridine rings is 1. The van der Waals surface area contributed by atoms with E-state index >= 15 is 0 Å². The molecule has 1 aromatic heterocycles. The molecule has 4 nitrogen and oxygen atoms in total. The Balaban J connectivity index is 2.25. The predicted octanol–water partition coefficient (Wildman–Crippen LogP) is 2.40. The Morgan fingerprint density at radius 2 is 2.24 bits per heavy atom. The van der Waals surface area contributed by atoms with Gasteiger partial charge in [-0.25, -0.2) is 4.98 Å². The summed E-state index contributed by atoms with van der Waals surface area (Å²) in [6.45, 7) is 2.37. The number of carbonyl (C=O) groups is 2. The van der Waals surface area contributed by atoms with Crippen LogP contribution in [0.3, 0.4) is 0 Å². The largest absolute Gasteiger partial charge is 0.278 e. The van der Waals surface area contributed by atoms with Crippen LogP contribution in [0.25, 0.3) is 0 Å². The second-order valence-corrected chi connectivity index (χ2v) is 4.88. The quantitative estimate of drug-likeness (QED) is 0.583. The molecular formula is C11H10Cl2N2O2. The Hall–Kier alpha value is -1.13. The van der Waals surface area contributed by atoms with Crippen molar-refractivity contribution in [1.29, 1.82) is 0 Å². The Morgan fingerprint density at radius 3 is 2.76 bits per heavy atom. The molecule has 1 unspecified atom stereocenters. The van der Waals surface area contributed by atoms with Crippen LogP contribution in [0.2, 0.25) is 10.2 Å². The van der Waals surface area contributed by atoms with E-state index in [1.807, 2.05) is 6.92 Å². The highest BCUT2D eigenvalue weighted by Crippen LogP contribution is 2.23. The molecule has 2 amide bonds. The van der Waals surface area contributed by atoms with Crippen LogP contribution in [-0.2, 0) is 4.79 Å². The third-order valence-electron chi connectivity index (χ3n) is 2.61. The molecule has 1 aromatic rings. The molecule has 2 heterocycles. The van der Waals surface area contributed by atoms with E-state index in [-0.39, 0.29) is 33.5 Å². The average molecular weight is 273 g/mol. The summed E-state index contributed by atoms with van der Waals surface area (Å²) in [6.07, 6.45) is 1.73. The van der Waals surface area contributed by atoms with Gasteiger partial charge in [0, 0.05) is 19.2 Å². The summed E-state index contributed by atoms with van der Waals surface area (Å²) in [7, 11) is 0. The van der Waals surface area contributed by atoms with E-state index in [1.54, 1.807) is 0 Å². The van der Waals surface area contributed by atoms with Crippen LogP contribution in [0.4, 0.5) is 0 Å². The molecule has 1 saturated heterocycles. The Labute approximate surface area is 109 Å². The van der Waals surface area contributed by atoms with Gasteiger partial charge in [0.05, 0.1) is 10.6 Å². The van der Waals surface area contributed by atoms with Crippen molar-refractivity contribution in [2.45, 2.75) is 13.3 Å². The van der Waals surface area contributed by atoms with Gasteiger partial charge in [0.15, 0.2) is 0 Å². The molecule has 0 aromatic carbocycles. The van der Waals surface area contributed by atoms with E-state index in [2.05, 4.69) is 4.98 Å². The minimum absolute atomic E-state index is 0.143. The predicted molar refractivity (Wildman–Crippen MR) is 64.1 cm³/mol. The van der Waals surface area contributed by atoms with Gasteiger partial charge < -0.3 is 0 Å². The van der Waals surface area contributed by atoms with Crippen molar-refractivity contribution in [2.75, 3.05) is 6.54 Å². The van der Waals surface area contributed by atoms with Crippen molar-refractivity contribution in [3.8, 4) is 0 Å². The van der Waals surface area contributed by atoms with Gasteiger partial charge in [0.2, 0.25) is 5.91 Å². The maximum absolute atomic E-state index is 12.0. The number of rotatable bonds is 1. The number of likely N-dealkylation sites (tertiary alicyclic amines) is 1. The minimum Gasteiger partial charge on any atom is -0.278 e. The van der Waals surface area contributed by atoms with E-state index < -0.39 is 0 Å². The first kappa shape index (κ1) is 12.3.